The molecule has 0 saturated carbocycles. The standard InChI is InChI=1S/C21H20ClN5O3S/c22-14-5-3-12(4-6-14)16(26-9-7-13(8-10-26)18(23)28)17-20(29)27-21(31-17)24-19(25-27)15-2-1-11-30-15/h1-6,11,13,16,29H,7-10H2,(H2,23,28)/t16-/m1/s1. The van der Waals surface area contributed by atoms with Gasteiger partial charge in [-0.25, -0.2) is 0 Å². The summed E-state index contributed by atoms with van der Waals surface area (Å²) in [7, 11) is 0. The number of hydrogen-bond donors (Lipinski definition) is 2. The first-order chi connectivity index (χ1) is 15.0. The average molecular weight is 458 g/mol. The number of fused-ring (bicyclic) bond motifs is 1. The number of benzene rings is 1. The van der Waals surface area contributed by atoms with E-state index >= 15 is 0 Å². The van der Waals surface area contributed by atoms with E-state index in [1.807, 2.05) is 24.3 Å². The number of hydrogen-bond acceptors (Lipinski definition) is 7. The second-order valence-electron chi connectivity index (χ2n) is 7.56. The van der Waals surface area contributed by atoms with Crippen molar-refractivity contribution >= 4 is 33.8 Å². The maximum atomic E-state index is 11.6. The van der Waals surface area contributed by atoms with Crippen molar-refractivity contribution in [3.63, 3.8) is 0 Å². The fourth-order valence-electron chi connectivity index (χ4n) is 4.05. The first kappa shape index (κ1) is 20.0. The molecule has 10 heteroatoms. The highest BCUT2D eigenvalue weighted by Crippen LogP contribution is 2.42. The van der Waals surface area contributed by atoms with E-state index < -0.39 is 0 Å². The van der Waals surface area contributed by atoms with Crippen molar-refractivity contribution in [1.82, 2.24) is 19.5 Å². The van der Waals surface area contributed by atoms with Gasteiger partial charge in [0.2, 0.25) is 22.6 Å². The maximum absolute atomic E-state index is 11.6. The number of thiazole rings is 1. The minimum Gasteiger partial charge on any atom is -0.492 e. The van der Waals surface area contributed by atoms with Crippen LogP contribution in [-0.4, -0.2) is 43.6 Å². The summed E-state index contributed by atoms with van der Waals surface area (Å²) < 4.78 is 6.81. The fourth-order valence-corrected chi connectivity index (χ4v) is 5.30. The van der Waals surface area contributed by atoms with Crippen LogP contribution < -0.4 is 5.73 Å². The van der Waals surface area contributed by atoms with Gasteiger partial charge in [0.15, 0.2) is 5.76 Å². The number of amides is 1. The third kappa shape index (κ3) is 3.69. The highest BCUT2D eigenvalue weighted by Gasteiger charge is 2.33. The van der Waals surface area contributed by atoms with E-state index in [0.717, 1.165) is 10.4 Å². The molecular weight excluding hydrogens is 438 g/mol. The Morgan fingerprint density at radius 2 is 2.00 bits per heavy atom. The lowest BCUT2D eigenvalue weighted by Gasteiger charge is -2.36. The molecule has 3 N–H and O–H groups in total. The second-order valence-corrected chi connectivity index (χ2v) is 9.01. The van der Waals surface area contributed by atoms with E-state index in [1.165, 1.54) is 15.9 Å². The zero-order chi connectivity index (χ0) is 21.5. The summed E-state index contributed by atoms with van der Waals surface area (Å²) in [5, 5.41) is 16.1. The second kappa shape index (κ2) is 7.99. The number of carbonyl (C=O) groups is 1. The van der Waals surface area contributed by atoms with Gasteiger partial charge in [-0.2, -0.15) is 9.50 Å². The van der Waals surface area contributed by atoms with Gasteiger partial charge in [-0.1, -0.05) is 35.1 Å². The van der Waals surface area contributed by atoms with Gasteiger partial charge in [-0.05, 0) is 55.8 Å². The summed E-state index contributed by atoms with van der Waals surface area (Å²) in [5.74, 6) is 0.633. The molecule has 160 valence electrons. The van der Waals surface area contributed by atoms with Crippen molar-refractivity contribution in [2.24, 2.45) is 11.7 Å². The van der Waals surface area contributed by atoms with Crippen LogP contribution in [-0.2, 0) is 4.79 Å². The largest absolute Gasteiger partial charge is 0.492 e. The Morgan fingerprint density at radius 3 is 2.61 bits per heavy atom. The SMILES string of the molecule is NC(=O)C1CCN([C@H](c2ccc(Cl)cc2)c2sc3nc(-c4ccco4)nn3c2O)CC1. The highest BCUT2D eigenvalue weighted by atomic mass is 35.5. The topological polar surface area (TPSA) is 110 Å². The molecule has 0 bridgehead atoms. The minimum atomic E-state index is -0.255. The van der Waals surface area contributed by atoms with Gasteiger partial charge in [-0.3, -0.25) is 9.69 Å². The summed E-state index contributed by atoms with van der Waals surface area (Å²) in [6.07, 6.45) is 2.93. The number of carbonyl (C=O) groups excluding carboxylic acids is 1. The summed E-state index contributed by atoms with van der Waals surface area (Å²) in [5.41, 5.74) is 6.50. The van der Waals surface area contributed by atoms with Crippen LogP contribution in [0.3, 0.4) is 0 Å². The molecule has 8 nitrogen and oxygen atoms in total. The summed E-state index contributed by atoms with van der Waals surface area (Å²) >= 11 is 7.48. The molecule has 1 aliphatic rings. The number of nitrogens with two attached hydrogens (primary N) is 1. The van der Waals surface area contributed by atoms with Crippen LogP contribution >= 0.6 is 22.9 Å². The van der Waals surface area contributed by atoms with Crippen molar-refractivity contribution in [3.8, 4) is 17.5 Å². The van der Waals surface area contributed by atoms with Crippen LogP contribution in [0.15, 0.2) is 47.1 Å². The number of primary amides is 1. The monoisotopic (exact) mass is 457 g/mol. The van der Waals surface area contributed by atoms with Gasteiger partial charge in [0.1, 0.15) is 0 Å². The van der Waals surface area contributed by atoms with Gasteiger partial charge in [0.05, 0.1) is 17.2 Å². The highest BCUT2D eigenvalue weighted by molar-refractivity contribution is 7.17. The number of furan rings is 1. The van der Waals surface area contributed by atoms with Crippen LogP contribution in [0, 0.1) is 5.92 Å². The molecular formula is C21H20ClN5O3S. The van der Waals surface area contributed by atoms with Gasteiger partial charge in [0.25, 0.3) is 0 Å². The van der Waals surface area contributed by atoms with Crippen molar-refractivity contribution in [2.75, 3.05) is 13.1 Å². The van der Waals surface area contributed by atoms with E-state index in [-0.39, 0.29) is 23.7 Å². The van der Waals surface area contributed by atoms with Crippen LogP contribution in [0.1, 0.15) is 29.3 Å². The quantitative estimate of drug-likeness (QED) is 0.473. The van der Waals surface area contributed by atoms with Gasteiger partial charge in [0, 0.05) is 10.9 Å². The number of piperidine rings is 1. The molecule has 4 heterocycles. The fraction of sp³-hybridized carbons (Fsp3) is 0.286. The van der Waals surface area contributed by atoms with Crippen molar-refractivity contribution < 1.29 is 14.3 Å². The molecule has 0 aliphatic carbocycles. The summed E-state index contributed by atoms with van der Waals surface area (Å²) in [6.45, 7) is 1.37. The van der Waals surface area contributed by atoms with E-state index in [2.05, 4.69) is 15.0 Å². The number of rotatable bonds is 5. The number of aromatic hydroxyl groups is 1. The van der Waals surface area contributed by atoms with Crippen LogP contribution in [0.25, 0.3) is 16.5 Å². The molecule has 1 saturated heterocycles. The minimum absolute atomic E-state index is 0.0438. The first-order valence-corrected chi connectivity index (χ1v) is 11.1. The van der Waals surface area contributed by atoms with Gasteiger partial charge >= 0.3 is 0 Å². The van der Waals surface area contributed by atoms with Crippen LogP contribution in [0.2, 0.25) is 5.02 Å². The third-order valence-electron chi connectivity index (χ3n) is 5.67. The molecule has 0 radical (unpaired) electrons. The van der Waals surface area contributed by atoms with Gasteiger partial charge < -0.3 is 15.3 Å². The molecule has 0 unspecified atom stereocenters. The Bertz CT molecular complexity index is 1210. The normalized spacial score (nSPS) is 16.7. The lowest BCUT2D eigenvalue weighted by molar-refractivity contribution is -0.123. The predicted molar refractivity (Wildman–Crippen MR) is 117 cm³/mol. The number of likely N-dealkylation sites (tertiary alicyclic amines) is 1. The molecule has 5 rings (SSSR count). The molecule has 4 aromatic rings. The molecule has 31 heavy (non-hydrogen) atoms. The lowest BCUT2D eigenvalue weighted by Crippen LogP contribution is -2.40. The smallest absolute Gasteiger partial charge is 0.230 e. The lowest BCUT2D eigenvalue weighted by atomic mass is 9.93. The Kier molecular flexibility index (Phi) is 5.17. The third-order valence-corrected chi connectivity index (χ3v) is 7.00. The van der Waals surface area contributed by atoms with Crippen molar-refractivity contribution in [2.45, 2.75) is 18.9 Å². The van der Waals surface area contributed by atoms with Crippen molar-refractivity contribution in [1.29, 1.82) is 0 Å². The Morgan fingerprint density at radius 1 is 1.26 bits per heavy atom. The number of halogens is 1. The van der Waals surface area contributed by atoms with E-state index in [0.29, 0.717) is 47.5 Å². The van der Waals surface area contributed by atoms with Gasteiger partial charge in [-0.15, -0.1) is 5.10 Å². The molecule has 1 amide bonds. The zero-order valence-corrected chi connectivity index (χ0v) is 18.0. The Labute approximate surface area is 186 Å². The Balaban J connectivity index is 1.54. The molecule has 0 spiro atoms. The molecule has 1 aliphatic heterocycles. The van der Waals surface area contributed by atoms with Crippen LogP contribution in [0.4, 0.5) is 0 Å². The molecule has 3 aromatic heterocycles. The number of nitrogens with zero attached hydrogens (tertiary/aromatic N) is 4. The Hall–Kier alpha value is -2.88. The van der Waals surface area contributed by atoms with E-state index in [9.17, 15) is 9.90 Å². The number of aromatic nitrogens is 3. The van der Waals surface area contributed by atoms with Crippen LogP contribution in [0.5, 0.6) is 5.88 Å². The maximum Gasteiger partial charge on any atom is 0.230 e. The van der Waals surface area contributed by atoms with E-state index in [4.69, 9.17) is 21.8 Å². The molecule has 1 aromatic carbocycles. The zero-order valence-electron chi connectivity index (χ0n) is 16.4. The average Bonchev–Trinajstić information content (AvgIpc) is 3.49. The summed E-state index contributed by atoms with van der Waals surface area (Å²) in [6, 6.07) is 10.9. The first-order valence-electron chi connectivity index (χ1n) is 9.92. The molecule has 1 atom stereocenters. The molecule has 1 fully saturated rings. The predicted octanol–water partition coefficient (Wildman–Crippen LogP) is 3.70. The van der Waals surface area contributed by atoms with Crippen molar-refractivity contribution in [3.05, 3.63) is 58.1 Å². The van der Waals surface area contributed by atoms with E-state index in [1.54, 1.807) is 18.4 Å². The summed E-state index contributed by atoms with van der Waals surface area (Å²) in [4.78, 5) is 19.7.